The van der Waals surface area contributed by atoms with E-state index in [2.05, 4.69) is 10.6 Å². The highest BCUT2D eigenvalue weighted by Crippen LogP contribution is 2.17. The summed E-state index contributed by atoms with van der Waals surface area (Å²) in [6, 6.07) is 5.46. The van der Waals surface area contributed by atoms with Crippen molar-refractivity contribution in [1.82, 2.24) is 10.6 Å². The minimum Gasteiger partial charge on any atom is -0.480 e. The SMILES string of the molecule is CC(C)C[C@H](NC(=O)c1ccc(N2CCNC2=O)cc1)C(=O)O. The van der Waals surface area contributed by atoms with Gasteiger partial charge < -0.3 is 15.7 Å². The number of aliphatic carboxylic acids is 1. The van der Waals surface area contributed by atoms with Gasteiger partial charge in [0, 0.05) is 24.3 Å². The maximum Gasteiger partial charge on any atom is 0.326 e. The fraction of sp³-hybridized carbons (Fsp3) is 0.438. The van der Waals surface area contributed by atoms with Crippen LogP contribution in [0.2, 0.25) is 0 Å². The van der Waals surface area contributed by atoms with Crippen LogP contribution in [0.5, 0.6) is 0 Å². The summed E-state index contributed by atoms with van der Waals surface area (Å²) >= 11 is 0. The van der Waals surface area contributed by atoms with Crippen LogP contribution in [0.1, 0.15) is 30.6 Å². The number of carboxylic acids is 1. The quantitative estimate of drug-likeness (QED) is 0.739. The molecular formula is C16H21N3O4. The molecule has 1 aromatic rings. The summed E-state index contributed by atoms with van der Waals surface area (Å²) in [5.41, 5.74) is 1.07. The molecule has 7 nitrogen and oxygen atoms in total. The maximum atomic E-state index is 12.2. The average Bonchev–Trinajstić information content (AvgIpc) is 2.92. The predicted octanol–water partition coefficient (Wildman–Crippen LogP) is 1.45. The monoisotopic (exact) mass is 319 g/mol. The highest BCUT2D eigenvalue weighted by molar-refractivity contribution is 5.98. The Bertz CT molecular complexity index is 598. The third kappa shape index (κ3) is 4.21. The molecule has 0 bridgehead atoms. The zero-order valence-electron chi connectivity index (χ0n) is 13.2. The first-order valence-corrected chi connectivity index (χ1v) is 7.57. The number of urea groups is 1. The molecule has 0 spiro atoms. The van der Waals surface area contributed by atoms with E-state index >= 15 is 0 Å². The highest BCUT2D eigenvalue weighted by Gasteiger charge is 2.23. The number of benzene rings is 1. The molecule has 3 amide bonds. The van der Waals surface area contributed by atoms with Crippen LogP contribution in [-0.2, 0) is 4.79 Å². The number of carboxylic acid groups (broad SMARTS) is 1. The lowest BCUT2D eigenvalue weighted by Gasteiger charge is -2.17. The first kappa shape index (κ1) is 16.8. The summed E-state index contributed by atoms with van der Waals surface area (Å²) < 4.78 is 0. The fourth-order valence-electron chi connectivity index (χ4n) is 2.45. The summed E-state index contributed by atoms with van der Waals surface area (Å²) in [6.07, 6.45) is 0.368. The van der Waals surface area contributed by atoms with Crippen molar-refractivity contribution in [3.05, 3.63) is 29.8 Å². The van der Waals surface area contributed by atoms with Crippen LogP contribution >= 0.6 is 0 Å². The molecule has 0 aromatic heterocycles. The molecule has 1 fully saturated rings. The molecule has 1 atom stereocenters. The molecule has 0 aliphatic carbocycles. The van der Waals surface area contributed by atoms with Crippen molar-refractivity contribution in [3.63, 3.8) is 0 Å². The summed E-state index contributed by atoms with van der Waals surface area (Å²) in [5, 5.41) is 14.4. The van der Waals surface area contributed by atoms with Crippen LogP contribution in [0.4, 0.5) is 10.5 Å². The van der Waals surface area contributed by atoms with Crippen molar-refractivity contribution in [2.45, 2.75) is 26.3 Å². The number of carbonyl (C=O) groups is 3. The second-order valence-corrected chi connectivity index (χ2v) is 5.92. The van der Waals surface area contributed by atoms with E-state index in [0.29, 0.717) is 30.8 Å². The van der Waals surface area contributed by atoms with Gasteiger partial charge in [0.25, 0.3) is 5.91 Å². The van der Waals surface area contributed by atoms with E-state index < -0.39 is 17.9 Å². The van der Waals surface area contributed by atoms with E-state index in [9.17, 15) is 14.4 Å². The van der Waals surface area contributed by atoms with Crippen LogP contribution in [-0.4, -0.2) is 42.1 Å². The zero-order chi connectivity index (χ0) is 17.0. The molecule has 1 heterocycles. The Labute approximate surface area is 134 Å². The highest BCUT2D eigenvalue weighted by atomic mass is 16.4. The van der Waals surface area contributed by atoms with Gasteiger partial charge in [-0.25, -0.2) is 9.59 Å². The van der Waals surface area contributed by atoms with Gasteiger partial charge in [0.1, 0.15) is 6.04 Å². The van der Waals surface area contributed by atoms with Crippen molar-refractivity contribution in [3.8, 4) is 0 Å². The molecule has 0 saturated carbocycles. The number of nitrogens with one attached hydrogen (secondary N) is 2. The molecule has 2 rings (SSSR count). The van der Waals surface area contributed by atoms with Crippen molar-refractivity contribution in [2.75, 3.05) is 18.0 Å². The van der Waals surface area contributed by atoms with Gasteiger partial charge >= 0.3 is 12.0 Å². The van der Waals surface area contributed by atoms with Crippen molar-refractivity contribution in [2.24, 2.45) is 5.92 Å². The fourth-order valence-corrected chi connectivity index (χ4v) is 2.45. The summed E-state index contributed by atoms with van der Waals surface area (Å²) in [7, 11) is 0. The molecular weight excluding hydrogens is 298 g/mol. The topological polar surface area (TPSA) is 98.7 Å². The number of anilines is 1. The lowest BCUT2D eigenvalue weighted by Crippen LogP contribution is -2.41. The predicted molar refractivity (Wildman–Crippen MR) is 85.5 cm³/mol. The average molecular weight is 319 g/mol. The number of rotatable bonds is 6. The van der Waals surface area contributed by atoms with Gasteiger partial charge in [0.2, 0.25) is 0 Å². The van der Waals surface area contributed by atoms with Crippen molar-refractivity contribution < 1.29 is 19.5 Å². The molecule has 1 aliphatic rings. The van der Waals surface area contributed by atoms with Gasteiger partial charge in [0.05, 0.1) is 0 Å². The van der Waals surface area contributed by atoms with E-state index in [-0.39, 0.29) is 11.9 Å². The van der Waals surface area contributed by atoms with Crippen LogP contribution in [0.3, 0.4) is 0 Å². The molecule has 1 aliphatic heterocycles. The molecule has 124 valence electrons. The van der Waals surface area contributed by atoms with Crippen molar-refractivity contribution in [1.29, 1.82) is 0 Å². The normalized spacial score (nSPS) is 15.4. The number of hydrogen-bond acceptors (Lipinski definition) is 3. The Morgan fingerprint density at radius 2 is 1.96 bits per heavy atom. The summed E-state index contributed by atoms with van der Waals surface area (Å²) in [5.74, 6) is -1.32. The first-order chi connectivity index (χ1) is 10.9. The van der Waals surface area contributed by atoms with Gasteiger partial charge in [-0.2, -0.15) is 0 Å². The van der Waals surface area contributed by atoms with Crippen molar-refractivity contribution >= 4 is 23.6 Å². The van der Waals surface area contributed by atoms with Gasteiger partial charge in [-0.3, -0.25) is 9.69 Å². The largest absolute Gasteiger partial charge is 0.480 e. The van der Waals surface area contributed by atoms with Gasteiger partial charge in [-0.05, 0) is 36.6 Å². The molecule has 1 aromatic carbocycles. The third-order valence-corrected chi connectivity index (χ3v) is 3.61. The molecule has 0 unspecified atom stereocenters. The number of carbonyl (C=O) groups excluding carboxylic acids is 2. The van der Waals surface area contributed by atoms with Crippen LogP contribution in [0.15, 0.2) is 24.3 Å². The number of nitrogens with zero attached hydrogens (tertiary/aromatic N) is 1. The van der Waals surface area contributed by atoms with Crippen LogP contribution in [0.25, 0.3) is 0 Å². The Morgan fingerprint density at radius 3 is 2.43 bits per heavy atom. The summed E-state index contributed by atoms with van der Waals surface area (Å²) in [6.45, 7) is 4.98. The minimum absolute atomic E-state index is 0.160. The van der Waals surface area contributed by atoms with E-state index in [1.807, 2.05) is 13.8 Å². The Kier molecular flexibility index (Phi) is 5.20. The third-order valence-electron chi connectivity index (χ3n) is 3.61. The van der Waals surface area contributed by atoms with E-state index in [1.54, 1.807) is 29.2 Å². The zero-order valence-corrected chi connectivity index (χ0v) is 13.2. The van der Waals surface area contributed by atoms with Gasteiger partial charge in [0.15, 0.2) is 0 Å². The molecule has 3 N–H and O–H groups in total. The van der Waals surface area contributed by atoms with E-state index in [0.717, 1.165) is 0 Å². The number of hydrogen-bond donors (Lipinski definition) is 3. The maximum absolute atomic E-state index is 12.2. The Hall–Kier alpha value is -2.57. The van der Waals surface area contributed by atoms with Gasteiger partial charge in [-0.1, -0.05) is 13.8 Å². The minimum atomic E-state index is -1.04. The number of amides is 3. The molecule has 0 radical (unpaired) electrons. The standard InChI is InChI=1S/C16H21N3O4/c1-10(2)9-13(15(21)22)18-14(20)11-3-5-12(6-4-11)19-8-7-17-16(19)23/h3-6,10,13H,7-9H2,1-2H3,(H,17,23)(H,18,20)(H,21,22)/t13-/m0/s1. The molecule has 23 heavy (non-hydrogen) atoms. The molecule has 7 heteroatoms. The van der Waals surface area contributed by atoms with E-state index in [1.165, 1.54) is 0 Å². The Morgan fingerprint density at radius 1 is 1.30 bits per heavy atom. The smallest absolute Gasteiger partial charge is 0.326 e. The summed E-state index contributed by atoms with van der Waals surface area (Å²) in [4.78, 5) is 36.5. The molecule has 1 saturated heterocycles. The van der Waals surface area contributed by atoms with Gasteiger partial charge in [-0.15, -0.1) is 0 Å². The Balaban J connectivity index is 2.04. The lowest BCUT2D eigenvalue weighted by atomic mass is 10.0. The second kappa shape index (κ2) is 7.13. The first-order valence-electron chi connectivity index (χ1n) is 7.57. The van der Waals surface area contributed by atoms with Crippen LogP contribution in [0, 0.1) is 5.92 Å². The second-order valence-electron chi connectivity index (χ2n) is 5.92. The lowest BCUT2D eigenvalue weighted by molar-refractivity contribution is -0.139. The van der Waals surface area contributed by atoms with E-state index in [4.69, 9.17) is 5.11 Å². The van der Waals surface area contributed by atoms with Crippen LogP contribution < -0.4 is 15.5 Å².